The van der Waals surface area contributed by atoms with Crippen molar-refractivity contribution in [3.63, 3.8) is 0 Å². The van der Waals surface area contributed by atoms with Gasteiger partial charge in [0.2, 0.25) is 0 Å². The third-order valence-electron chi connectivity index (χ3n) is 3.38. The maximum absolute atomic E-state index is 11.9. The third-order valence-corrected chi connectivity index (χ3v) is 3.38. The molecule has 7 heteroatoms. The zero-order valence-electron chi connectivity index (χ0n) is 15.0. The number of hydrogen-bond donors (Lipinski definition) is 3. The fourth-order valence-corrected chi connectivity index (χ4v) is 2.08. The van der Waals surface area contributed by atoms with Crippen molar-refractivity contribution in [1.82, 2.24) is 16.0 Å². The molecule has 1 amide bonds. The Morgan fingerprint density at radius 2 is 1.88 bits per heavy atom. The van der Waals surface area contributed by atoms with Gasteiger partial charge in [-0.1, -0.05) is 19.8 Å². The lowest BCUT2D eigenvalue weighted by Crippen LogP contribution is -2.38. The van der Waals surface area contributed by atoms with E-state index in [-0.39, 0.29) is 29.9 Å². The Labute approximate surface area is 162 Å². The van der Waals surface area contributed by atoms with Crippen molar-refractivity contribution in [2.24, 2.45) is 4.99 Å². The van der Waals surface area contributed by atoms with Crippen LogP contribution in [0.4, 0.5) is 0 Å². The van der Waals surface area contributed by atoms with E-state index in [4.69, 9.17) is 4.42 Å². The monoisotopic (exact) mass is 450 g/mol. The van der Waals surface area contributed by atoms with Crippen molar-refractivity contribution < 1.29 is 9.21 Å². The van der Waals surface area contributed by atoms with Crippen LogP contribution in [-0.4, -0.2) is 38.0 Å². The van der Waals surface area contributed by atoms with E-state index in [2.05, 4.69) is 34.8 Å². The van der Waals surface area contributed by atoms with Gasteiger partial charge in [-0.3, -0.25) is 9.79 Å². The molecule has 0 unspecified atom stereocenters. The van der Waals surface area contributed by atoms with Gasteiger partial charge >= 0.3 is 0 Å². The van der Waals surface area contributed by atoms with Crippen LogP contribution < -0.4 is 16.0 Å². The normalized spacial score (nSPS) is 10.9. The number of amides is 1. The summed E-state index contributed by atoms with van der Waals surface area (Å²) in [5.74, 6) is 1.07. The molecule has 0 aromatic carbocycles. The smallest absolute Gasteiger partial charge is 0.287 e. The fraction of sp³-hybridized carbons (Fsp3) is 0.647. The van der Waals surface area contributed by atoms with Crippen molar-refractivity contribution in [2.45, 2.75) is 46.5 Å². The number of carbonyl (C=O) groups excluding carboxylic acids is 1. The molecule has 0 aliphatic heterocycles. The number of furan rings is 1. The second kappa shape index (κ2) is 14.1. The first kappa shape index (κ1) is 22.8. The molecule has 0 fully saturated rings. The van der Waals surface area contributed by atoms with Gasteiger partial charge in [0.15, 0.2) is 11.7 Å². The van der Waals surface area contributed by atoms with E-state index in [0.29, 0.717) is 18.8 Å². The second-order valence-corrected chi connectivity index (χ2v) is 5.44. The number of carbonyl (C=O) groups is 1. The minimum atomic E-state index is -0.166. The number of halogens is 1. The van der Waals surface area contributed by atoms with E-state index in [1.54, 1.807) is 6.07 Å². The molecule has 0 aliphatic carbocycles. The molecule has 6 nitrogen and oxygen atoms in total. The van der Waals surface area contributed by atoms with Gasteiger partial charge in [0.05, 0.1) is 6.26 Å². The standard InChI is InChI=1S/C17H30N4O2.HI/c1-4-6-7-10-20-17(18-5-2)21-12-8-11-19-16(22)15-14(3)9-13-23-15;/h9,13H,4-8,10-12H2,1-3H3,(H,19,22)(H2,18,20,21);1H. The van der Waals surface area contributed by atoms with Gasteiger partial charge in [-0.2, -0.15) is 0 Å². The van der Waals surface area contributed by atoms with Crippen LogP contribution in [0.5, 0.6) is 0 Å². The van der Waals surface area contributed by atoms with Gasteiger partial charge in [-0.05, 0) is 32.8 Å². The van der Waals surface area contributed by atoms with E-state index in [0.717, 1.165) is 37.5 Å². The molecule has 0 saturated carbocycles. The van der Waals surface area contributed by atoms with E-state index in [1.807, 2.05) is 6.92 Å². The van der Waals surface area contributed by atoms with Crippen LogP contribution in [0, 0.1) is 6.92 Å². The molecule has 1 aromatic rings. The van der Waals surface area contributed by atoms with E-state index in [9.17, 15) is 4.79 Å². The predicted octanol–water partition coefficient (Wildman–Crippen LogP) is 3.07. The Morgan fingerprint density at radius 1 is 1.12 bits per heavy atom. The first-order valence-corrected chi connectivity index (χ1v) is 8.53. The first-order valence-electron chi connectivity index (χ1n) is 8.53. The number of guanidine groups is 1. The molecule has 0 aliphatic rings. The van der Waals surface area contributed by atoms with Crippen molar-refractivity contribution in [1.29, 1.82) is 0 Å². The van der Waals surface area contributed by atoms with E-state index < -0.39 is 0 Å². The van der Waals surface area contributed by atoms with Gasteiger partial charge in [0.25, 0.3) is 5.91 Å². The SMILES string of the molecule is CCCCCNC(=NCCCNC(=O)c1occc1C)NCC.I. The van der Waals surface area contributed by atoms with Gasteiger partial charge in [0, 0.05) is 31.7 Å². The molecule has 0 radical (unpaired) electrons. The van der Waals surface area contributed by atoms with Crippen LogP contribution in [0.3, 0.4) is 0 Å². The summed E-state index contributed by atoms with van der Waals surface area (Å²) in [6.45, 7) is 9.13. The fourth-order valence-electron chi connectivity index (χ4n) is 2.08. The highest BCUT2D eigenvalue weighted by molar-refractivity contribution is 14.0. The van der Waals surface area contributed by atoms with Gasteiger partial charge in [-0.25, -0.2) is 0 Å². The molecule has 1 aromatic heterocycles. The van der Waals surface area contributed by atoms with Crippen LogP contribution in [0.15, 0.2) is 21.7 Å². The Kier molecular flexibility index (Phi) is 13.4. The van der Waals surface area contributed by atoms with Crippen molar-refractivity contribution in [2.75, 3.05) is 26.2 Å². The maximum atomic E-state index is 11.9. The highest BCUT2D eigenvalue weighted by atomic mass is 127. The van der Waals surface area contributed by atoms with Crippen LogP contribution in [-0.2, 0) is 0 Å². The molecule has 1 rings (SSSR count). The summed E-state index contributed by atoms with van der Waals surface area (Å²) in [5.41, 5.74) is 0.853. The Morgan fingerprint density at radius 3 is 2.50 bits per heavy atom. The van der Waals surface area contributed by atoms with Gasteiger partial charge in [0.1, 0.15) is 0 Å². The molecular weight excluding hydrogens is 419 g/mol. The van der Waals surface area contributed by atoms with E-state index >= 15 is 0 Å². The first-order chi connectivity index (χ1) is 11.2. The summed E-state index contributed by atoms with van der Waals surface area (Å²) in [4.78, 5) is 16.4. The molecule has 24 heavy (non-hydrogen) atoms. The summed E-state index contributed by atoms with van der Waals surface area (Å²) in [6.07, 6.45) is 5.91. The molecule has 0 atom stereocenters. The lowest BCUT2D eigenvalue weighted by Gasteiger charge is -2.11. The molecule has 0 saturated heterocycles. The Bertz CT molecular complexity index is 489. The summed E-state index contributed by atoms with van der Waals surface area (Å²) < 4.78 is 5.16. The van der Waals surface area contributed by atoms with Crippen LogP contribution in [0.2, 0.25) is 0 Å². The summed E-state index contributed by atoms with van der Waals surface area (Å²) in [7, 11) is 0. The number of hydrogen-bond acceptors (Lipinski definition) is 3. The molecule has 0 bridgehead atoms. The largest absolute Gasteiger partial charge is 0.459 e. The molecule has 1 heterocycles. The lowest BCUT2D eigenvalue weighted by molar-refractivity contribution is 0.0925. The van der Waals surface area contributed by atoms with E-state index in [1.165, 1.54) is 19.1 Å². The topological polar surface area (TPSA) is 78.7 Å². The number of aryl methyl sites for hydroxylation is 1. The Balaban J connectivity index is 0.00000529. The van der Waals surface area contributed by atoms with Crippen LogP contribution in [0.1, 0.15) is 55.6 Å². The molecule has 0 spiro atoms. The number of nitrogens with one attached hydrogen (secondary N) is 3. The number of nitrogens with zero attached hydrogens (tertiary/aromatic N) is 1. The summed E-state index contributed by atoms with van der Waals surface area (Å²) >= 11 is 0. The molecule has 138 valence electrons. The molecular formula is C17H31IN4O2. The second-order valence-electron chi connectivity index (χ2n) is 5.44. The van der Waals surface area contributed by atoms with Crippen molar-refractivity contribution in [3.8, 4) is 0 Å². The van der Waals surface area contributed by atoms with Gasteiger partial charge in [-0.15, -0.1) is 24.0 Å². The average molecular weight is 450 g/mol. The molecule has 3 N–H and O–H groups in total. The summed E-state index contributed by atoms with van der Waals surface area (Å²) in [6, 6.07) is 1.78. The lowest BCUT2D eigenvalue weighted by atomic mass is 10.2. The van der Waals surface area contributed by atoms with Crippen molar-refractivity contribution >= 4 is 35.8 Å². The number of aliphatic imine (C=N–C) groups is 1. The van der Waals surface area contributed by atoms with Crippen molar-refractivity contribution in [3.05, 3.63) is 23.7 Å². The highest BCUT2D eigenvalue weighted by Gasteiger charge is 2.11. The summed E-state index contributed by atoms with van der Waals surface area (Å²) in [5, 5.41) is 9.40. The van der Waals surface area contributed by atoms with Gasteiger partial charge < -0.3 is 20.4 Å². The quantitative estimate of drug-likeness (QED) is 0.222. The number of rotatable bonds is 10. The minimum Gasteiger partial charge on any atom is -0.459 e. The zero-order chi connectivity index (χ0) is 16.9. The average Bonchev–Trinajstić information content (AvgIpc) is 2.97. The number of unbranched alkanes of at least 4 members (excludes halogenated alkanes) is 2. The van der Waals surface area contributed by atoms with Crippen LogP contribution >= 0.6 is 24.0 Å². The Hall–Kier alpha value is -1.25. The predicted molar refractivity (Wildman–Crippen MR) is 109 cm³/mol. The third kappa shape index (κ3) is 9.14. The minimum absolute atomic E-state index is 0. The zero-order valence-corrected chi connectivity index (χ0v) is 17.3. The highest BCUT2D eigenvalue weighted by Crippen LogP contribution is 2.07. The van der Waals surface area contributed by atoms with Crippen LogP contribution in [0.25, 0.3) is 0 Å². The maximum Gasteiger partial charge on any atom is 0.287 e.